The molecule has 0 aromatic heterocycles. The van der Waals surface area contributed by atoms with Gasteiger partial charge in [-0.3, -0.25) is 4.90 Å². The van der Waals surface area contributed by atoms with Crippen LogP contribution in [0.3, 0.4) is 0 Å². The van der Waals surface area contributed by atoms with E-state index in [-0.39, 0.29) is 0 Å². The first-order valence-corrected chi connectivity index (χ1v) is 6.74. The van der Waals surface area contributed by atoms with Crippen molar-refractivity contribution >= 4 is 0 Å². The molecule has 1 heterocycles. The van der Waals surface area contributed by atoms with Crippen LogP contribution in [0, 0.1) is 5.41 Å². The third-order valence-corrected chi connectivity index (χ3v) is 4.48. The first kappa shape index (κ1) is 11.4. The van der Waals surface area contributed by atoms with Crippen LogP contribution >= 0.6 is 0 Å². The Morgan fingerprint density at radius 3 is 2.40 bits per heavy atom. The van der Waals surface area contributed by atoms with Gasteiger partial charge in [0.1, 0.15) is 0 Å². The molecule has 1 aliphatic carbocycles. The van der Waals surface area contributed by atoms with Gasteiger partial charge in [0.25, 0.3) is 0 Å². The average Bonchev–Trinajstić information content (AvgIpc) is 2.24. The highest BCUT2D eigenvalue weighted by Crippen LogP contribution is 2.44. The molecule has 0 aromatic carbocycles. The van der Waals surface area contributed by atoms with E-state index in [0.29, 0.717) is 0 Å². The Labute approximate surface area is 94.2 Å². The molecule has 2 rings (SSSR count). The molecule has 2 N–H and O–H groups in total. The van der Waals surface area contributed by atoms with Crippen molar-refractivity contribution in [2.75, 3.05) is 19.6 Å². The van der Waals surface area contributed by atoms with Crippen molar-refractivity contribution < 1.29 is 0 Å². The van der Waals surface area contributed by atoms with Gasteiger partial charge in [-0.15, -0.1) is 0 Å². The fourth-order valence-electron chi connectivity index (χ4n) is 3.53. The summed E-state index contributed by atoms with van der Waals surface area (Å²) >= 11 is 0. The molecule has 1 saturated heterocycles. The Balaban J connectivity index is 1.80. The largest absolute Gasteiger partial charge is 0.330 e. The minimum atomic E-state index is 0.736. The molecule has 2 heteroatoms. The maximum absolute atomic E-state index is 5.66. The lowest BCUT2D eigenvalue weighted by molar-refractivity contribution is -0.0569. The Hall–Kier alpha value is -0.0800. The number of hydrogen-bond donors (Lipinski definition) is 1. The molecule has 1 saturated carbocycles. The van der Waals surface area contributed by atoms with Gasteiger partial charge < -0.3 is 5.73 Å². The highest BCUT2D eigenvalue weighted by molar-refractivity contribution is 4.98. The lowest BCUT2D eigenvalue weighted by Crippen LogP contribution is -2.60. The van der Waals surface area contributed by atoms with Gasteiger partial charge in [0, 0.05) is 19.1 Å². The van der Waals surface area contributed by atoms with Crippen molar-refractivity contribution in [3.8, 4) is 0 Å². The van der Waals surface area contributed by atoms with Gasteiger partial charge in [-0.05, 0) is 37.6 Å². The van der Waals surface area contributed by atoms with E-state index >= 15 is 0 Å². The molecule has 0 aromatic rings. The van der Waals surface area contributed by atoms with Crippen LogP contribution in [0.1, 0.15) is 51.9 Å². The van der Waals surface area contributed by atoms with Crippen molar-refractivity contribution in [3.05, 3.63) is 0 Å². The topological polar surface area (TPSA) is 29.3 Å². The second-order valence-electron chi connectivity index (χ2n) is 5.61. The molecule has 0 amide bonds. The number of hydrogen-bond acceptors (Lipinski definition) is 2. The van der Waals surface area contributed by atoms with Gasteiger partial charge in [-0.25, -0.2) is 0 Å². The standard InChI is InChI=1S/C13H26N2/c1-2-12(6-9-14)15-10-13(11-15)7-4-3-5-8-13/h12H,2-11,14H2,1H3. The van der Waals surface area contributed by atoms with Gasteiger partial charge in [0.2, 0.25) is 0 Å². The van der Waals surface area contributed by atoms with E-state index in [1.807, 2.05) is 0 Å². The van der Waals surface area contributed by atoms with Crippen LogP contribution in [-0.2, 0) is 0 Å². The van der Waals surface area contributed by atoms with Crippen LogP contribution in [0.2, 0.25) is 0 Å². The Kier molecular flexibility index (Phi) is 3.68. The minimum absolute atomic E-state index is 0.736. The highest BCUT2D eigenvalue weighted by Gasteiger charge is 2.44. The predicted octanol–water partition coefficient (Wildman–Crippen LogP) is 2.38. The van der Waals surface area contributed by atoms with Crippen molar-refractivity contribution in [2.45, 2.75) is 57.9 Å². The van der Waals surface area contributed by atoms with E-state index in [1.165, 1.54) is 58.0 Å². The lowest BCUT2D eigenvalue weighted by atomic mass is 9.68. The molecule has 0 bridgehead atoms. The monoisotopic (exact) mass is 210 g/mol. The summed E-state index contributed by atoms with van der Waals surface area (Å²) in [5.74, 6) is 0. The quantitative estimate of drug-likeness (QED) is 0.772. The van der Waals surface area contributed by atoms with Gasteiger partial charge >= 0.3 is 0 Å². The van der Waals surface area contributed by atoms with Gasteiger partial charge in [0.05, 0.1) is 0 Å². The normalized spacial score (nSPS) is 27.6. The summed E-state index contributed by atoms with van der Waals surface area (Å²) in [5, 5.41) is 0. The molecule has 0 radical (unpaired) electrons. The van der Waals surface area contributed by atoms with Crippen LogP contribution < -0.4 is 5.73 Å². The van der Waals surface area contributed by atoms with Gasteiger partial charge in [0.15, 0.2) is 0 Å². The molecule has 15 heavy (non-hydrogen) atoms. The maximum Gasteiger partial charge on any atom is 0.0105 e. The van der Waals surface area contributed by atoms with Crippen LogP contribution in [-0.4, -0.2) is 30.6 Å². The van der Waals surface area contributed by atoms with Gasteiger partial charge in [-0.2, -0.15) is 0 Å². The van der Waals surface area contributed by atoms with Crippen molar-refractivity contribution in [1.29, 1.82) is 0 Å². The summed E-state index contributed by atoms with van der Waals surface area (Å²) in [4.78, 5) is 2.68. The van der Waals surface area contributed by atoms with Crippen LogP contribution in [0.15, 0.2) is 0 Å². The fraction of sp³-hybridized carbons (Fsp3) is 1.00. The Bertz CT molecular complexity index is 189. The lowest BCUT2D eigenvalue weighted by Gasteiger charge is -2.55. The van der Waals surface area contributed by atoms with Crippen molar-refractivity contribution in [3.63, 3.8) is 0 Å². The SMILES string of the molecule is CCC(CCN)N1CC2(CCCCC2)C1. The number of nitrogens with zero attached hydrogens (tertiary/aromatic N) is 1. The van der Waals surface area contributed by atoms with Crippen LogP contribution in [0.5, 0.6) is 0 Å². The van der Waals surface area contributed by atoms with E-state index in [9.17, 15) is 0 Å². The third-order valence-electron chi connectivity index (χ3n) is 4.48. The maximum atomic E-state index is 5.66. The minimum Gasteiger partial charge on any atom is -0.330 e. The third kappa shape index (κ3) is 2.36. The highest BCUT2D eigenvalue weighted by atomic mass is 15.2. The number of rotatable bonds is 4. The van der Waals surface area contributed by atoms with E-state index in [4.69, 9.17) is 5.73 Å². The molecule has 2 fully saturated rings. The molecule has 1 atom stereocenters. The average molecular weight is 210 g/mol. The zero-order valence-electron chi connectivity index (χ0n) is 10.2. The molecular weight excluding hydrogens is 184 g/mol. The Morgan fingerprint density at radius 1 is 1.20 bits per heavy atom. The zero-order valence-corrected chi connectivity index (χ0v) is 10.2. The van der Waals surface area contributed by atoms with Crippen LogP contribution in [0.25, 0.3) is 0 Å². The van der Waals surface area contributed by atoms with Gasteiger partial charge in [-0.1, -0.05) is 26.2 Å². The summed E-state index contributed by atoms with van der Waals surface area (Å²) in [5.41, 5.74) is 6.40. The zero-order chi connectivity index (χ0) is 10.7. The number of likely N-dealkylation sites (tertiary alicyclic amines) is 1. The first-order chi connectivity index (χ1) is 7.29. The molecule has 1 spiro atoms. The fourth-order valence-corrected chi connectivity index (χ4v) is 3.53. The molecule has 1 unspecified atom stereocenters. The predicted molar refractivity (Wildman–Crippen MR) is 64.8 cm³/mol. The summed E-state index contributed by atoms with van der Waals surface area (Å²) in [6.45, 7) is 5.88. The molecule has 2 nitrogen and oxygen atoms in total. The van der Waals surface area contributed by atoms with Crippen molar-refractivity contribution in [2.24, 2.45) is 11.1 Å². The van der Waals surface area contributed by atoms with E-state index in [0.717, 1.165) is 18.0 Å². The molecule has 2 aliphatic rings. The first-order valence-electron chi connectivity index (χ1n) is 6.74. The summed E-state index contributed by atoms with van der Waals surface area (Å²) < 4.78 is 0. The smallest absolute Gasteiger partial charge is 0.0105 e. The summed E-state index contributed by atoms with van der Waals surface area (Å²) in [7, 11) is 0. The van der Waals surface area contributed by atoms with E-state index in [1.54, 1.807) is 0 Å². The second kappa shape index (κ2) is 4.84. The second-order valence-corrected chi connectivity index (χ2v) is 5.61. The molecule has 1 aliphatic heterocycles. The van der Waals surface area contributed by atoms with E-state index < -0.39 is 0 Å². The number of nitrogens with two attached hydrogens (primary N) is 1. The molecule has 88 valence electrons. The van der Waals surface area contributed by atoms with Crippen molar-refractivity contribution in [1.82, 2.24) is 4.90 Å². The summed E-state index contributed by atoms with van der Waals surface area (Å²) in [6, 6.07) is 0.766. The summed E-state index contributed by atoms with van der Waals surface area (Å²) in [6.07, 6.45) is 9.86. The molecular formula is C13H26N2. The van der Waals surface area contributed by atoms with E-state index in [2.05, 4.69) is 11.8 Å². The Morgan fingerprint density at radius 2 is 1.87 bits per heavy atom. The van der Waals surface area contributed by atoms with Crippen LogP contribution in [0.4, 0.5) is 0 Å².